The van der Waals surface area contributed by atoms with Crippen molar-refractivity contribution in [2.45, 2.75) is 19.4 Å². The molecule has 7 nitrogen and oxygen atoms in total. The average molecular weight is 253 g/mol. The molecule has 0 fully saturated rings. The van der Waals surface area contributed by atoms with E-state index in [2.05, 4.69) is 0 Å². The van der Waals surface area contributed by atoms with Crippen LogP contribution in [0.3, 0.4) is 0 Å². The van der Waals surface area contributed by atoms with Crippen LogP contribution in [-0.2, 0) is 4.79 Å². The van der Waals surface area contributed by atoms with Crippen molar-refractivity contribution in [1.29, 1.82) is 0 Å². The highest BCUT2D eigenvalue weighted by Gasteiger charge is 2.12. The molecule has 98 valence electrons. The van der Waals surface area contributed by atoms with Gasteiger partial charge in [0.05, 0.1) is 23.6 Å². The molecule has 7 heteroatoms. The zero-order valence-electron chi connectivity index (χ0n) is 9.96. The summed E-state index contributed by atoms with van der Waals surface area (Å²) in [5.74, 6) is -0.238. The summed E-state index contributed by atoms with van der Waals surface area (Å²) in [7, 11) is 0. The van der Waals surface area contributed by atoms with E-state index in [4.69, 9.17) is 16.2 Å². The van der Waals surface area contributed by atoms with E-state index in [0.717, 1.165) is 0 Å². The fourth-order valence-electron chi connectivity index (χ4n) is 1.32. The molecule has 1 aromatic carbocycles. The van der Waals surface area contributed by atoms with Gasteiger partial charge >= 0.3 is 0 Å². The third-order valence-corrected chi connectivity index (χ3v) is 2.44. The van der Waals surface area contributed by atoms with Crippen LogP contribution in [0.4, 0.5) is 5.69 Å². The summed E-state index contributed by atoms with van der Waals surface area (Å²) in [6, 6.07) is 3.79. The first-order valence-corrected chi connectivity index (χ1v) is 5.34. The summed E-state index contributed by atoms with van der Waals surface area (Å²) < 4.78 is 5.28. The highest BCUT2D eigenvalue weighted by Crippen LogP contribution is 2.23. The van der Waals surface area contributed by atoms with E-state index in [0.29, 0.717) is 11.3 Å². The topological polar surface area (TPSA) is 121 Å². The van der Waals surface area contributed by atoms with Gasteiger partial charge in [-0.05, 0) is 19.1 Å². The zero-order chi connectivity index (χ0) is 13.7. The molecule has 0 bridgehead atoms. The minimum atomic E-state index is -0.773. The van der Waals surface area contributed by atoms with Crippen LogP contribution in [0.1, 0.15) is 12.0 Å². The SMILES string of the molecule is Cc1ccc(OCCC(N)C(N)=O)cc1[N+](=O)[O-]. The Balaban J connectivity index is 2.61. The largest absolute Gasteiger partial charge is 0.493 e. The highest BCUT2D eigenvalue weighted by molar-refractivity contribution is 5.79. The van der Waals surface area contributed by atoms with Crippen molar-refractivity contribution in [2.75, 3.05) is 6.61 Å². The Morgan fingerprint density at radius 1 is 1.56 bits per heavy atom. The van der Waals surface area contributed by atoms with Gasteiger partial charge in [-0.15, -0.1) is 0 Å². The van der Waals surface area contributed by atoms with E-state index >= 15 is 0 Å². The molecule has 1 rings (SSSR count). The minimum Gasteiger partial charge on any atom is -0.493 e. The quantitative estimate of drug-likeness (QED) is 0.564. The number of nitro benzene ring substituents is 1. The molecule has 0 radical (unpaired) electrons. The molecular weight excluding hydrogens is 238 g/mol. The molecule has 0 aliphatic rings. The van der Waals surface area contributed by atoms with E-state index in [1.54, 1.807) is 19.1 Å². The number of amides is 1. The van der Waals surface area contributed by atoms with E-state index in [9.17, 15) is 14.9 Å². The van der Waals surface area contributed by atoms with Crippen LogP contribution in [0.5, 0.6) is 5.75 Å². The molecule has 4 N–H and O–H groups in total. The number of nitrogens with two attached hydrogens (primary N) is 2. The van der Waals surface area contributed by atoms with Crippen molar-refractivity contribution < 1.29 is 14.5 Å². The number of carbonyl (C=O) groups is 1. The van der Waals surface area contributed by atoms with Gasteiger partial charge in [-0.1, -0.05) is 0 Å². The molecule has 0 aromatic heterocycles. The Bertz CT molecular complexity index is 462. The summed E-state index contributed by atoms with van der Waals surface area (Å²) >= 11 is 0. The van der Waals surface area contributed by atoms with Gasteiger partial charge in [-0.2, -0.15) is 0 Å². The van der Waals surface area contributed by atoms with E-state index < -0.39 is 16.9 Å². The Morgan fingerprint density at radius 2 is 2.22 bits per heavy atom. The molecule has 18 heavy (non-hydrogen) atoms. The Hall–Kier alpha value is -2.15. The molecule has 1 atom stereocenters. The van der Waals surface area contributed by atoms with Gasteiger partial charge in [0.25, 0.3) is 5.69 Å². The fraction of sp³-hybridized carbons (Fsp3) is 0.364. The Kier molecular flexibility index (Phi) is 4.61. The number of nitrogens with zero attached hydrogens (tertiary/aromatic N) is 1. The molecule has 0 heterocycles. The maximum absolute atomic E-state index is 10.7. The van der Waals surface area contributed by atoms with E-state index in [1.165, 1.54) is 6.07 Å². The number of nitro groups is 1. The predicted molar refractivity (Wildman–Crippen MR) is 65.1 cm³/mol. The third-order valence-electron chi connectivity index (χ3n) is 2.44. The van der Waals surface area contributed by atoms with Crippen molar-refractivity contribution >= 4 is 11.6 Å². The number of aryl methyl sites for hydroxylation is 1. The number of hydrogen-bond acceptors (Lipinski definition) is 5. The Morgan fingerprint density at radius 3 is 2.78 bits per heavy atom. The second-order valence-electron chi connectivity index (χ2n) is 3.85. The number of ether oxygens (including phenoxy) is 1. The van der Waals surface area contributed by atoms with Crippen LogP contribution in [0.2, 0.25) is 0 Å². The van der Waals surface area contributed by atoms with Crippen LogP contribution in [0, 0.1) is 17.0 Å². The van der Waals surface area contributed by atoms with Crippen LogP contribution < -0.4 is 16.2 Å². The third kappa shape index (κ3) is 3.70. The summed E-state index contributed by atoms with van der Waals surface area (Å²) in [4.78, 5) is 20.9. The lowest BCUT2D eigenvalue weighted by atomic mass is 10.2. The first-order valence-electron chi connectivity index (χ1n) is 5.34. The molecule has 0 spiro atoms. The summed E-state index contributed by atoms with van der Waals surface area (Å²) in [6.45, 7) is 1.81. The van der Waals surface area contributed by atoms with Crippen LogP contribution >= 0.6 is 0 Å². The van der Waals surface area contributed by atoms with Gasteiger partial charge in [-0.3, -0.25) is 14.9 Å². The fourth-order valence-corrected chi connectivity index (χ4v) is 1.32. The van der Waals surface area contributed by atoms with Gasteiger partial charge in [0.1, 0.15) is 5.75 Å². The van der Waals surface area contributed by atoms with Gasteiger partial charge < -0.3 is 16.2 Å². The summed E-state index contributed by atoms with van der Waals surface area (Å²) in [5, 5.41) is 10.7. The second-order valence-corrected chi connectivity index (χ2v) is 3.85. The van der Waals surface area contributed by atoms with Crippen LogP contribution in [0.15, 0.2) is 18.2 Å². The van der Waals surface area contributed by atoms with Crippen molar-refractivity contribution in [3.05, 3.63) is 33.9 Å². The molecule has 1 amide bonds. The number of primary amides is 1. The van der Waals surface area contributed by atoms with Gasteiger partial charge in [0.2, 0.25) is 5.91 Å². The molecule has 0 saturated carbocycles. The van der Waals surface area contributed by atoms with Gasteiger partial charge in [-0.25, -0.2) is 0 Å². The van der Waals surface area contributed by atoms with Crippen molar-refractivity contribution in [1.82, 2.24) is 0 Å². The highest BCUT2D eigenvalue weighted by atomic mass is 16.6. The summed E-state index contributed by atoms with van der Waals surface area (Å²) in [5.41, 5.74) is 11.0. The molecular formula is C11H15N3O4. The number of rotatable bonds is 6. The smallest absolute Gasteiger partial charge is 0.275 e. The molecule has 1 aromatic rings. The lowest BCUT2D eigenvalue weighted by Crippen LogP contribution is -2.37. The molecule has 0 aliphatic carbocycles. The molecule has 0 aliphatic heterocycles. The molecule has 1 unspecified atom stereocenters. The van der Waals surface area contributed by atoms with E-state index in [1.807, 2.05) is 0 Å². The van der Waals surface area contributed by atoms with Gasteiger partial charge in [0.15, 0.2) is 0 Å². The number of carbonyl (C=O) groups excluding carboxylic acids is 1. The minimum absolute atomic E-state index is 0.00769. The normalized spacial score (nSPS) is 11.9. The zero-order valence-corrected chi connectivity index (χ0v) is 9.96. The Labute approximate surface area is 104 Å². The maximum atomic E-state index is 10.7. The predicted octanol–water partition coefficient (Wildman–Crippen LogP) is 0.485. The van der Waals surface area contributed by atoms with Crippen molar-refractivity contribution in [3.63, 3.8) is 0 Å². The van der Waals surface area contributed by atoms with E-state index in [-0.39, 0.29) is 18.7 Å². The average Bonchev–Trinajstić information content (AvgIpc) is 2.30. The van der Waals surface area contributed by atoms with Crippen LogP contribution in [0.25, 0.3) is 0 Å². The number of hydrogen-bond donors (Lipinski definition) is 2. The monoisotopic (exact) mass is 253 g/mol. The van der Waals surface area contributed by atoms with Crippen molar-refractivity contribution in [3.8, 4) is 5.75 Å². The lowest BCUT2D eigenvalue weighted by Gasteiger charge is -2.09. The number of benzene rings is 1. The first-order chi connectivity index (χ1) is 8.41. The van der Waals surface area contributed by atoms with Crippen molar-refractivity contribution in [2.24, 2.45) is 11.5 Å². The molecule has 0 saturated heterocycles. The second kappa shape index (κ2) is 5.97. The first kappa shape index (κ1) is 13.9. The van der Waals surface area contributed by atoms with Crippen LogP contribution in [-0.4, -0.2) is 23.5 Å². The van der Waals surface area contributed by atoms with Gasteiger partial charge in [0, 0.05) is 12.0 Å². The standard InChI is InChI=1S/C11H15N3O4/c1-7-2-3-8(6-10(7)14(16)17)18-5-4-9(12)11(13)15/h2-3,6,9H,4-5,12H2,1H3,(H2,13,15). The summed E-state index contributed by atoms with van der Waals surface area (Å²) in [6.07, 6.45) is 0.261. The maximum Gasteiger partial charge on any atom is 0.275 e. The lowest BCUT2D eigenvalue weighted by molar-refractivity contribution is -0.385.